The molecule has 1 amide bonds. The Morgan fingerprint density at radius 3 is 2.46 bits per heavy atom. The summed E-state index contributed by atoms with van der Waals surface area (Å²) in [7, 11) is -1.50. The number of nitrogens with one attached hydrogen (secondary N) is 1. The van der Waals surface area contributed by atoms with Crippen molar-refractivity contribution in [2.45, 2.75) is 18.9 Å². The average Bonchev–Trinajstić information content (AvgIpc) is 2.97. The lowest BCUT2D eigenvalue weighted by molar-refractivity contribution is 0.0730. The lowest BCUT2D eigenvalue weighted by atomic mass is 10.1. The zero-order valence-corrected chi connectivity index (χ0v) is 14.5. The lowest BCUT2D eigenvalue weighted by Crippen LogP contribution is -2.30. The minimum atomic E-state index is -3.32. The van der Waals surface area contributed by atoms with E-state index in [0.717, 1.165) is 19.1 Å². The zero-order chi connectivity index (χ0) is 17.3. The molecular weight excluding hydrogens is 324 g/mol. The third-order valence-corrected chi connectivity index (χ3v) is 4.93. The molecule has 2 aromatic rings. The van der Waals surface area contributed by atoms with E-state index in [1.54, 1.807) is 29.2 Å². The van der Waals surface area contributed by atoms with E-state index in [4.69, 9.17) is 0 Å². The third-order valence-electron chi connectivity index (χ3n) is 4.32. The first-order valence-electron chi connectivity index (χ1n) is 7.78. The standard InChI is InChI=1S/C18H20N2O3S/c1-20(17-12-9-13-5-3-4-6-16(13)17)18(21)14-7-10-15(11-8-14)19-24(2,22)23/h3-8,10-11,17,19H,9,12H2,1-2H3/t17-/m0/s1. The molecule has 126 valence electrons. The quantitative estimate of drug-likeness (QED) is 0.927. The summed E-state index contributed by atoms with van der Waals surface area (Å²) in [6.45, 7) is 0. The van der Waals surface area contributed by atoms with E-state index >= 15 is 0 Å². The summed E-state index contributed by atoms with van der Waals surface area (Å²) in [5, 5.41) is 0. The smallest absolute Gasteiger partial charge is 0.254 e. The third kappa shape index (κ3) is 3.43. The van der Waals surface area contributed by atoms with Crippen LogP contribution >= 0.6 is 0 Å². The lowest BCUT2D eigenvalue weighted by Gasteiger charge is -2.25. The predicted molar refractivity (Wildman–Crippen MR) is 94.5 cm³/mol. The Hall–Kier alpha value is -2.34. The second kappa shape index (κ2) is 6.28. The molecule has 24 heavy (non-hydrogen) atoms. The van der Waals surface area contributed by atoms with Gasteiger partial charge in [-0.05, 0) is 48.2 Å². The van der Waals surface area contributed by atoms with Gasteiger partial charge in [0.2, 0.25) is 10.0 Å². The fraction of sp³-hybridized carbons (Fsp3) is 0.278. The normalized spacial score (nSPS) is 16.5. The molecule has 0 aromatic heterocycles. The number of hydrogen-bond donors (Lipinski definition) is 1. The molecule has 0 saturated heterocycles. The van der Waals surface area contributed by atoms with Crippen molar-refractivity contribution in [3.8, 4) is 0 Å². The van der Waals surface area contributed by atoms with Crippen molar-refractivity contribution >= 4 is 21.6 Å². The summed E-state index contributed by atoms with van der Waals surface area (Å²) in [5.74, 6) is -0.0670. The first kappa shape index (κ1) is 16.5. The highest BCUT2D eigenvalue weighted by atomic mass is 32.2. The van der Waals surface area contributed by atoms with Crippen LogP contribution in [0.25, 0.3) is 0 Å². The van der Waals surface area contributed by atoms with Gasteiger partial charge in [-0.25, -0.2) is 8.42 Å². The maximum absolute atomic E-state index is 12.7. The zero-order valence-electron chi connectivity index (χ0n) is 13.7. The minimum Gasteiger partial charge on any atom is -0.335 e. The van der Waals surface area contributed by atoms with Gasteiger partial charge in [0.05, 0.1) is 12.3 Å². The van der Waals surface area contributed by atoms with E-state index in [-0.39, 0.29) is 11.9 Å². The second-order valence-electron chi connectivity index (χ2n) is 6.12. The van der Waals surface area contributed by atoms with Crippen molar-refractivity contribution in [1.29, 1.82) is 0 Å². The molecule has 6 heteroatoms. The molecule has 0 spiro atoms. The van der Waals surface area contributed by atoms with Crippen molar-refractivity contribution in [1.82, 2.24) is 4.90 Å². The maximum Gasteiger partial charge on any atom is 0.254 e. The summed E-state index contributed by atoms with van der Waals surface area (Å²) in [6.07, 6.45) is 3.00. The summed E-state index contributed by atoms with van der Waals surface area (Å²) in [6, 6.07) is 14.8. The summed E-state index contributed by atoms with van der Waals surface area (Å²) in [5.41, 5.74) is 3.50. The Morgan fingerprint density at radius 1 is 1.12 bits per heavy atom. The van der Waals surface area contributed by atoms with Gasteiger partial charge in [0, 0.05) is 18.3 Å². The van der Waals surface area contributed by atoms with E-state index in [1.807, 2.05) is 19.2 Å². The summed E-state index contributed by atoms with van der Waals surface area (Å²) in [4.78, 5) is 14.5. The fourth-order valence-electron chi connectivity index (χ4n) is 3.18. The highest BCUT2D eigenvalue weighted by molar-refractivity contribution is 7.92. The second-order valence-corrected chi connectivity index (χ2v) is 7.87. The number of fused-ring (bicyclic) bond motifs is 1. The molecule has 1 aliphatic carbocycles. The first-order chi connectivity index (χ1) is 11.3. The van der Waals surface area contributed by atoms with Crippen molar-refractivity contribution in [3.63, 3.8) is 0 Å². The van der Waals surface area contributed by atoms with Crippen molar-refractivity contribution in [3.05, 3.63) is 65.2 Å². The molecule has 0 radical (unpaired) electrons. The van der Waals surface area contributed by atoms with Gasteiger partial charge in [-0.2, -0.15) is 0 Å². The number of amides is 1. The van der Waals surface area contributed by atoms with Gasteiger partial charge in [0.1, 0.15) is 0 Å². The topological polar surface area (TPSA) is 66.5 Å². The van der Waals surface area contributed by atoms with Crippen LogP contribution in [0.1, 0.15) is 33.9 Å². The highest BCUT2D eigenvalue weighted by Crippen LogP contribution is 2.35. The molecule has 0 saturated carbocycles. The number of anilines is 1. The Balaban J connectivity index is 1.77. The van der Waals surface area contributed by atoms with Crippen LogP contribution in [0, 0.1) is 0 Å². The molecule has 0 bridgehead atoms. The van der Waals surface area contributed by atoms with E-state index in [0.29, 0.717) is 11.3 Å². The Morgan fingerprint density at radius 2 is 1.79 bits per heavy atom. The molecular formula is C18H20N2O3S. The van der Waals surface area contributed by atoms with Crippen LogP contribution < -0.4 is 4.72 Å². The molecule has 0 aliphatic heterocycles. The number of nitrogens with zero attached hydrogens (tertiary/aromatic N) is 1. The van der Waals surface area contributed by atoms with Gasteiger partial charge < -0.3 is 4.90 Å². The van der Waals surface area contributed by atoms with E-state index in [2.05, 4.69) is 16.9 Å². The van der Waals surface area contributed by atoms with Crippen LogP contribution in [0.15, 0.2) is 48.5 Å². The number of carbonyl (C=O) groups excluding carboxylic acids is 1. The number of aryl methyl sites for hydroxylation is 1. The molecule has 1 aliphatic rings. The summed E-state index contributed by atoms with van der Waals surface area (Å²) >= 11 is 0. The van der Waals surface area contributed by atoms with Crippen LogP contribution in [-0.2, 0) is 16.4 Å². The maximum atomic E-state index is 12.7. The molecule has 3 rings (SSSR count). The number of sulfonamides is 1. The summed E-state index contributed by atoms with van der Waals surface area (Å²) < 4.78 is 24.9. The van der Waals surface area contributed by atoms with Gasteiger partial charge in [-0.1, -0.05) is 24.3 Å². The molecule has 1 atom stereocenters. The Kier molecular flexibility index (Phi) is 4.32. The van der Waals surface area contributed by atoms with Crippen LogP contribution in [0.4, 0.5) is 5.69 Å². The van der Waals surface area contributed by atoms with Gasteiger partial charge in [0.15, 0.2) is 0 Å². The Labute approximate surface area is 142 Å². The van der Waals surface area contributed by atoms with Gasteiger partial charge >= 0.3 is 0 Å². The molecule has 1 N–H and O–H groups in total. The molecule has 0 fully saturated rings. The number of hydrogen-bond acceptors (Lipinski definition) is 3. The van der Waals surface area contributed by atoms with Crippen LogP contribution in [0.2, 0.25) is 0 Å². The van der Waals surface area contributed by atoms with Crippen molar-refractivity contribution in [2.24, 2.45) is 0 Å². The van der Waals surface area contributed by atoms with Crippen molar-refractivity contribution in [2.75, 3.05) is 18.0 Å². The van der Waals surface area contributed by atoms with Crippen molar-refractivity contribution < 1.29 is 13.2 Å². The highest BCUT2D eigenvalue weighted by Gasteiger charge is 2.28. The van der Waals surface area contributed by atoms with E-state index in [1.165, 1.54) is 11.1 Å². The monoisotopic (exact) mass is 344 g/mol. The molecule has 0 heterocycles. The molecule has 5 nitrogen and oxygen atoms in total. The SMILES string of the molecule is CN(C(=O)c1ccc(NS(C)(=O)=O)cc1)[C@H]1CCc2ccccc21. The number of benzene rings is 2. The van der Waals surface area contributed by atoms with Gasteiger partial charge in [0.25, 0.3) is 5.91 Å². The first-order valence-corrected chi connectivity index (χ1v) is 9.67. The van der Waals surface area contributed by atoms with E-state index < -0.39 is 10.0 Å². The van der Waals surface area contributed by atoms with Crippen LogP contribution in [0.3, 0.4) is 0 Å². The fourth-order valence-corrected chi connectivity index (χ4v) is 3.74. The van der Waals surface area contributed by atoms with Gasteiger partial charge in [-0.15, -0.1) is 0 Å². The largest absolute Gasteiger partial charge is 0.335 e. The Bertz CT molecular complexity index is 860. The van der Waals surface area contributed by atoms with Crippen LogP contribution in [-0.4, -0.2) is 32.5 Å². The average molecular weight is 344 g/mol. The minimum absolute atomic E-state index is 0.0670. The van der Waals surface area contributed by atoms with E-state index in [9.17, 15) is 13.2 Å². The molecule has 2 aromatic carbocycles. The number of rotatable bonds is 4. The predicted octanol–water partition coefficient (Wildman–Crippen LogP) is 2.82. The van der Waals surface area contributed by atoms with Gasteiger partial charge in [-0.3, -0.25) is 9.52 Å². The number of carbonyl (C=O) groups is 1. The molecule has 0 unspecified atom stereocenters. The van der Waals surface area contributed by atoms with Crippen LogP contribution in [0.5, 0.6) is 0 Å².